The van der Waals surface area contributed by atoms with Crippen LogP contribution < -0.4 is 0 Å². The second kappa shape index (κ2) is 2.84. The van der Waals surface area contributed by atoms with E-state index in [0.29, 0.717) is 13.0 Å². The second-order valence-corrected chi connectivity index (χ2v) is 3.56. The van der Waals surface area contributed by atoms with Crippen LogP contribution >= 0.6 is 0 Å². The summed E-state index contributed by atoms with van der Waals surface area (Å²) in [6, 6.07) is 2.15. The second-order valence-electron chi connectivity index (χ2n) is 3.56. The molecule has 4 heteroatoms. The van der Waals surface area contributed by atoms with Gasteiger partial charge in [-0.1, -0.05) is 0 Å². The van der Waals surface area contributed by atoms with E-state index in [1.807, 2.05) is 6.07 Å². The zero-order valence-corrected chi connectivity index (χ0v) is 7.19. The van der Waals surface area contributed by atoms with Crippen molar-refractivity contribution in [2.45, 2.75) is 25.3 Å². The van der Waals surface area contributed by atoms with E-state index in [-0.39, 0.29) is 6.04 Å². The lowest BCUT2D eigenvalue weighted by atomic mass is 9.96. The maximum Gasteiger partial charge on any atom is 0.291 e. The number of hydrogen-bond acceptors (Lipinski definition) is 3. The van der Waals surface area contributed by atoms with Crippen LogP contribution in [0.4, 0.5) is 0 Å². The van der Waals surface area contributed by atoms with E-state index in [1.54, 1.807) is 4.90 Å². The number of carbonyl (C=O) groups excluding carboxylic acids is 2. The van der Waals surface area contributed by atoms with Crippen LogP contribution in [0.2, 0.25) is 0 Å². The summed E-state index contributed by atoms with van der Waals surface area (Å²) >= 11 is 0. The molecular weight excluding hydrogens is 168 g/mol. The number of ketones is 1. The third kappa shape index (κ3) is 1.31. The van der Waals surface area contributed by atoms with Crippen molar-refractivity contribution in [3.8, 4) is 6.07 Å². The van der Waals surface area contributed by atoms with Crippen LogP contribution in [0.3, 0.4) is 0 Å². The minimum Gasteiger partial charge on any atom is -0.333 e. The highest BCUT2D eigenvalue weighted by Crippen LogP contribution is 2.30. The Kier molecular flexibility index (Phi) is 1.80. The van der Waals surface area contributed by atoms with Gasteiger partial charge in [-0.2, -0.15) is 5.26 Å². The molecule has 1 aliphatic carbocycles. The Morgan fingerprint density at radius 2 is 2.00 bits per heavy atom. The highest BCUT2D eigenvalue weighted by Gasteiger charge is 2.41. The molecular formula is C9H10N2O2. The largest absolute Gasteiger partial charge is 0.333 e. The van der Waals surface area contributed by atoms with E-state index in [2.05, 4.69) is 0 Å². The van der Waals surface area contributed by atoms with Gasteiger partial charge >= 0.3 is 0 Å². The van der Waals surface area contributed by atoms with Gasteiger partial charge in [0.2, 0.25) is 5.78 Å². The number of hydrogen-bond donors (Lipinski definition) is 0. The first-order valence-electron chi connectivity index (χ1n) is 4.48. The van der Waals surface area contributed by atoms with Crippen molar-refractivity contribution in [1.29, 1.82) is 5.26 Å². The van der Waals surface area contributed by atoms with E-state index in [1.165, 1.54) is 0 Å². The lowest BCUT2D eigenvalue weighted by molar-refractivity contribution is -0.149. The number of carbonyl (C=O) groups is 2. The summed E-state index contributed by atoms with van der Waals surface area (Å²) in [5.41, 5.74) is 0. The summed E-state index contributed by atoms with van der Waals surface area (Å²) in [5.74, 6) is -1.65. The predicted molar refractivity (Wildman–Crippen MR) is 43.5 cm³/mol. The predicted octanol–water partition coefficient (Wildman–Crippen LogP) is 0.0900. The van der Waals surface area contributed by atoms with Gasteiger partial charge in [-0.15, -0.1) is 0 Å². The number of piperidine rings is 1. The van der Waals surface area contributed by atoms with Crippen LogP contribution in [0, 0.1) is 17.2 Å². The molecule has 2 rings (SSSR count). The molecule has 1 saturated heterocycles. The van der Waals surface area contributed by atoms with Gasteiger partial charge in [0.1, 0.15) is 5.92 Å². The quantitative estimate of drug-likeness (QED) is 0.534. The zero-order chi connectivity index (χ0) is 9.42. The first kappa shape index (κ1) is 8.24. The minimum absolute atomic E-state index is 0.288. The standard InChI is InChI=1S/C9H10N2O2/c10-5-6-3-4-11(7-1-2-7)9(13)8(6)12/h6-7H,1-4H2/t6-/m1/s1. The average molecular weight is 178 g/mol. The normalized spacial score (nSPS) is 28.8. The molecule has 1 saturated carbocycles. The van der Waals surface area contributed by atoms with Crippen LogP contribution in [-0.4, -0.2) is 29.2 Å². The van der Waals surface area contributed by atoms with Crippen LogP contribution in [-0.2, 0) is 9.59 Å². The van der Waals surface area contributed by atoms with Crippen LogP contribution in [0.1, 0.15) is 19.3 Å². The highest BCUT2D eigenvalue weighted by molar-refractivity contribution is 6.38. The van der Waals surface area contributed by atoms with Crippen molar-refractivity contribution < 1.29 is 9.59 Å². The topological polar surface area (TPSA) is 61.2 Å². The Morgan fingerprint density at radius 3 is 2.54 bits per heavy atom. The summed E-state index contributed by atoms with van der Waals surface area (Å²) in [6.07, 6.45) is 2.53. The third-order valence-electron chi connectivity index (χ3n) is 2.59. The van der Waals surface area contributed by atoms with Crippen molar-refractivity contribution in [2.75, 3.05) is 6.54 Å². The average Bonchev–Trinajstić information content (AvgIpc) is 2.93. The van der Waals surface area contributed by atoms with Crippen LogP contribution in [0.15, 0.2) is 0 Å². The molecule has 1 amide bonds. The molecule has 0 N–H and O–H groups in total. The molecule has 4 nitrogen and oxygen atoms in total. The molecule has 0 spiro atoms. The smallest absolute Gasteiger partial charge is 0.291 e. The maximum absolute atomic E-state index is 11.4. The van der Waals surface area contributed by atoms with Gasteiger partial charge in [0, 0.05) is 12.6 Å². The van der Waals surface area contributed by atoms with Gasteiger partial charge < -0.3 is 4.90 Å². The van der Waals surface area contributed by atoms with E-state index < -0.39 is 17.6 Å². The summed E-state index contributed by atoms with van der Waals surface area (Å²) in [7, 11) is 0. The van der Waals surface area contributed by atoms with Gasteiger partial charge in [-0.3, -0.25) is 9.59 Å². The van der Waals surface area contributed by atoms with E-state index in [0.717, 1.165) is 12.8 Å². The minimum atomic E-state index is -0.692. The van der Waals surface area contributed by atoms with Crippen molar-refractivity contribution >= 4 is 11.7 Å². The number of Topliss-reactive ketones (excluding diaryl/α,β-unsaturated/α-hetero) is 1. The number of rotatable bonds is 1. The fourth-order valence-corrected chi connectivity index (χ4v) is 1.65. The number of amides is 1. The molecule has 2 aliphatic rings. The third-order valence-corrected chi connectivity index (χ3v) is 2.59. The van der Waals surface area contributed by atoms with E-state index in [9.17, 15) is 9.59 Å². The fourth-order valence-electron chi connectivity index (χ4n) is 1.65. The number of nitriles is 1. The van der Waals surface area contributed by atoms with Gasteiger partial charge in [0.15, 0.2) is 0 Å². The van der Waals surface area contributed by atoms with Crippen molar-refractivity contribution in [3.63, 3.8) is 0 Å². The molecule has 1 atom stereocenters. The van der Waals surface area contributed by atoms with Gasteiger partial charge in [-0.25, -0.2) is 0 Å². The molecule has 0 aromatic rings. The number of likely N-dealkylation sites (tertiary alicyclic amines) is 1. The summed E-state index contributed by atoms with van der Waals surface area (Å²) < 4.78 is 0. The van der Waals surface area contributed by atoms with Crippen molar-refractivity contribution in [3.05, 3.63) is 0 Å². The zero-order valence-electron chi connectivity index (χ0n) is 7.19. The molecule has 68 valence electrons. The summed E-state index contributed by atoms with van der Waals surface area (Å²) in [6.45, 7) is 0.577. The van der Waals surface area contributed by atoms with Crippen molar-refractivity contribution in [2.24, 2.45) is 5.92 Å². The Balaban J connectivity index is 2.10. The summed E-state index contributed by atoms with van der Waals surface area (Å²) in [5, 5.41) is 8.58. The van der Waals surface area contributed by atoms with Crippen LogP contribution in [0.25, 0.3) is 0 Å². The molecule has 0 aromatic carbocycles. The molecule has 0 aromatic heterocycles. The van der Waals surface area contributed by atoms with Crippen molar-refractivity contribution in [1.82, 2.24) is 4.90 Å². The maximum atomic E-state index is 11.4. The Bertz CT molecular complexity index is 301. The highest BCUT2D eigenvalue weighted by atomic mass is 16.2. The first-order valence-corrected chi connectivity index (χ1v) is 4.48. The Labute approximate surface area is 76.1 Å². The lowest BCUT2D eigenvalue weighted by Crippen LogP contribution is -2.46. The number of nitrogens with zero attached hydrogens (tertiary/aromatic N) is 2. The lowest BCUT2D eigenvalue weighted by Gasteiger charge is -2.27. The molecule has 13 heavy (non-hydrogen) atoms. The molecule has 1 aliphatic heterocycles. The molecule has 2 fully saturated rings. The monoisotopic (exact) mass is 178 g/mol. The fraction of sp³-hybridized carbons (Fsp3) is 0.667. The van der Waals surface area contributed by atoms with Gasteiger partial charge in [0.25, 0.3) is 5.91 Å². The van der Waals surface area contributed by atoms with Gasteiger partial charge in [-0.05, 0) is 19.3 Å². The van der Waals surface area contributed by atoms with E-state index >= 15 is 0 Å². The SMILES string of the molecule is N#C[C@H]1CCN(C2CC2)C(=O)C1=O. The Morgan fingerprint density at radius 1 is 1.31 bits per heavy atom. The first-order chi connectivity index (χ1) is 6.24. The molecule has 0 unspecified atom stereocenters. The Hall–Kier alpha value is -1.37. The molecule has 0 bridgehead atoms. The summed E-state index contributed by atoms with van der Waals surface area (Å²) in [4.78, 5) is 24.3. The molecule has 1 heterocycles. The van der Waals surface area contributed by atoms with E-state index in [4.69, 9.17) is 5.26 Å². The van der Waals surface area contributed by atoms with Crippen LogP contribution in [0.5, 0.6) is 0 Å². The molecule has 0 radical (unpaired) electrons. The van der Waals surface area contributed by atoms with Gasteiger partial charge in [0.05, 0.1) is 6.07 Å².